The molecule has 2 aromatic rings. The third kappa shape index (κ3) is 7.27. The minimum absolute atomic E-state index is 0.126. The topological polar surface area (TPSA) is 86.7 Å². The minimum atomic E-state index is -0.456. The van der Waals surface area contributed by atoms with E-state index in [2.05, 4.69) is 15.9 Å². The summed E-state index contributed by atoms with van der Waals surface area (Å²) in [7, 11) is 0. The molecule has 0 bridgehead atoms. The molecule has 7 heteroatoms. The summed E-state index contributed by atoms with van der Waals surface area (Å²) in [6.45, 7) is 5.50. The molecule has 6 nitrogen and oxygen atoms in total. The molecule has 0 saturated heterocycles. The van der Waals surface area contributed by atoms with Crippen LogP contribution in [0.1, 0.15) is 62.2 Å². The van der Waals surface area contributed by atoms with Gasteiger partial charge in [-0.05, 0) is 32.9 Å². The third-order valence-corrected chi connectivity index (χ3v) is 4.16. The standard InChI is InChI=1S/C11H11BrO3.C11H12O3/c1-2-15-11(14)9-6-4-3-5-8(9)10(13)7-12;1-3-14-11(13)10-7-5-4-6-9(10)8(2)12/h3-6H,2,7H2,1H3;4-7H,3H2,1-2H3. The number of rotatable bonds is 7. The highest BCUT2D eigenvalue weighted by atomic mass is 79.9. The fourth-order valence-electron chi connectivity index (χ4n) is 2.36. The van der Waals surface area contributed by atoms with E-state index in [1.165, 1.54) is 6.92 Å². The maximum absolute atomic E-state index is 11.5. The van der Waals surface area contributed by atoms with Crippen LogP contribution >= 0.6 is 15.9 Å². The van der Waals surface area contributed by atoms with E-state index >= 15 is 0 Å². The first kappa shape index (κ1) is 24.2. The summed E-state index contributed by atoms with van der Waals surface area (Å²) in [5.41, 5.74) is 1.46. The molecule has 0 radical (unpaired) electrons. The van der Waals surface area contributed by atoms with Crippen LogP contribution in [-0.4, -0.2) is 42.0 Å². The molecule has 0 aliphatic carbocycles. The van der Waals surface area contributed by atoms with Gasteiger partial charge in [-0.2, -0.15) is 0 Å². The summed E-state index contributed by atoms with van der Waals surface area (Å²) >= 11 is 3.07. The Balaban J connectivity index is 0.000000291. The maximum Gasteiger partial charge on any atom is 0.338 e. The number of carbonyl (C=O) groups excluding carboxylic acids is 4. The lowest BCUT2D eigenvalue weighted by atomic mass is 10.0. The van der Waals surface area contributed by atoms with Crippen molar-refractivity contribution in [2.24, 2.45) is 0 Å². The Hall–Kier alpha value is -2.80. The molecule has 0 amide bonds. The second-order valence-electron chi connectivity index (χ2n) is 5.65. The number of hydrogen-bond donors (Lipinski definition) is 0. The van der Waals surface area contributed by atoms with Crippen molar-refractivity contribution < 1.29 is 28.7 Å². The van der Waals surface area contributed by atoms with Gasteiger partial charge in [0, 0.05) is 11.1 Å². The average molecular weight is 463 g/mol. The number of hydrogen-bond acceptors (Lipinski definition) is 6. The molecular formula is C22H23BrO6. The molecular weight excluding hydrogens is 440 g/mol. The number of halogens is 1. The van der Waals surface area contributed by atoms with Crippen LogP contribution in [0.15, 0.2) is 48.5 Å². The molecule has 0 saturated carbocycles. The predicted octanol–water partition coefficient (Wildman–Crippen LogP) is 4.51. The van der Waals surface area contributed by atoms with Crippen molar-refractivity contribution in [3.63, 3.8) is 0 Å². The fraction of sp³-hybridized carbons (Fsp3) is 0.273. The SMILES string of the molecule is CCOC(=O)c1ccccc1C(=O)CBr.CCOC(=O)c1ccccc1C(C)=O. The molecule has 0 aromatic heterocycles. The monoisotopic (exact) mass is 462 g/mol. The van der Waals surface area contributed by atoms with Gasteiger partial charge in [0.05, 0.1) is 29.7 Å². The van der Waals surface area contributed by atoms with Gasteiger partial charge in [-0.3, -0.25) is 9.59 Å². The van der Waals surface area contributed by atoms with Gasteiger partial charge < -0.3 is 9.47 Å². The second kappa shape index (κ2) is 12.6. The molecule has 29 heavy (non-hydrogen) atoms. The lowest BCUT2D eigenvalue weighted by molar-refractivity contribution is 0.0515. The highest BCUT2D eigenvalue weighted by Gasteiger charge is 2.16. The first-order chi connectivity index (χ1) is 13.9. The zero-order valence-corrected chi connectivity index (χ0v) is 18.2. The van der Waals surface area contributed by atoms with Crippen molar-refractivity contribution in [3.05, 3.63) is 70.8 Å². The van der Waals surface area contributed by atoms with E-state index < -0.39 is 11.9 Å². The maximum atomic E-state index is 11.5. The van der Waals surface area contributed by atoms with E-state index in [0.29, 0.717) is 35.5 Å². The summed E-state index contributed by atoms with van der Waals surface area (Å²) in [6.07, 6.45) is 0. The number of alkyl halides is 1. The van der Waals surface area contributed by atoms with Gasteiger partial charge in [-0.1, -0.05) is 52.3 Å². The summed E-state index contributed by atoms with van der Waals surface area (Å²) in [5.74, 6) is -1.16. The fourth-order valence-corrected chi connectivity index (χ4v) is 2.66. The molecule has 0 aliphatic rings. The number of esters is 2. The molecule has 0 aliphatic heterocycles. The summed E-state index contributed by atoms with van der Waals surface area (Å²) in [4.78, 5) is 45.5. The molecule has 0 unspecified atom stereocenters. The quantitative estimate of drug-likeness (QED) is 0.341. The van der Waals surface area contributed by atoms with Crippen molar-refractivity contribution in [3.8, 4) is 0 Å². The number of ether oxygens (including phenoxy) is 2. The smallest absolute Gasteiger partial charge is 0.338 e. The first-order valence-electron chi connectivity index (χ1n) is 8.99. The van der Waals surface area contributed by atoms with Crippen molar-refractivity contribution in [2.75, 3.05) is 18.5 Å². The van der Waals surface area contributed by atoms with Crippen LogP contribution in [0.3, 0.4) is 0 Å². The third-order valence-electron chi connectivity index (χ3n) is 3.65. The van der Waals surface area contributed by atoms with E-state index in [1.54, 1.807) is 62.4 Å². The van der Waals surface area contributed by atoms with Crippen molar-refractivity contribution >= 4 is 39.4 Å². The lowest BCUT2D eigenvalue weighted by Crippen LogP contribution is -2.12. The van der Waals surface area contributed by atoms with E-state index in [9.17, 15) is 19.2 Å². The van der Waals surface area contributed by atoms with Gasteiger partial charge in [-0.25, -0.2) is 9.59 Å². The van der Waals surface area contributed by atoms with Gasteiger partial charge in [0.2, 0.25) is 0 Å². The largest absolute Gasteiger partial charge is 0.462 e. The van der Waals surface area contributed by atoms with Crippen LogP contribution in [0.5, 0.6) is 0 Å². The minimum Gasteiger partial charge on any atom is -0.462 e. The van der Waals surface area contributed by atoms with Crippen LogP contribution in [-0.2, 0) is 9.47 Å². The Morgan fingerprint density at radius 3 is 1.48 bits per heavy atom. The average Bonchev–Trinajstić information content (AvgIpc) is 2.74. The van der Waals surface area contributed by atoms with Gasteiger partial charge in [0.15, 0.2) is 11.6 Å². The highest BCUT2D eigenvalue weighted by Crippen LogP contribution is 2.12. The van der Waals surface area contributed by atoms with Crippen LogP contribution in [0.2, 0.25) is 0 Å². The number of ketones is 2. The van der Waals surface area contributed by atoms with Crippen molar-refractivity contribution in [2.45, 2.75) is 20.8 Å². The van der Waals surface area contributed by atoms with Gasteiger partial charge in [-0.15, -0.1) is 0 Å². The van der Waals surface area contributed by atoms with E-state index in [4.69, 9.17) is 9.47 Å². The van der Waals surface area contributed by atoms with Gasteiger partial charge >= 0.3 is 11.9 Å². The van der Waals surface area contributed by atoms with E-state index in [0.717, 1.165) is 0 Å². The molecule has 154 valence electrons. The zero-order valence-electron chi connectivity index (χ0n) is 16.6. The molecule has 0 fully saturated rings. The summed E-state index contributed by atoms with van der Waals surface area (Å²) in [6, 6.07) is 13.3. The Kier molecular flexibility index (Phi) is 10.5. The summed E-state index contributed by atoms with van der Waals surface area (Å²) < 4.78 is 9.68. The molecule has 0 N–H and O–H groups in total. The Morgan fingerprint density at radius 2 is 1.10 bits per heavy atom. The van der Waals surface area contributed by atoms with E-state index in [1.807, 2.05) is 0 Å². The van der Waals surface area contributed by atoms with Crippen LogP contribution < -0.4 is 0 Å². The molecule has 2 aromatic carbocycles. The van der Waals surface area contributed by atoms with Crippen molar-refractivity contribution in [1.82, 2.24) is 0 Å². The summed E-state index contributed by atoms with van der Waals surface area (Å²) in [5, 5.41) is 0.198. The Bertz CT molecular complexity index is 875. The Morgan fingerprint density at radius 1 is 0.724 bits per heavy atom. The second-order valence-corrected chi connectivity index (χ2v) is 6.21. The molecule has 2 rings (SSSR count). The zero-order chi connectivity index (χ0) is 21.8. The number of carbonyl (C=O) groups is 4. The lowest BCUT2D eigenvalue weighted by Gasteiger charge is -2.06. The first-order valence-corrected chi connectivity index (χ1v) is 10.1. The van der Waals surface area contributed by atoms with Gasteiger partial charge in [0.25, 0.3) is 0 Å². The molecule has 0 atom stereocenters. The van der Waals surface area contributed by atoms with Gasteiger partial charge in [0.1, 0.15) is 0 Å². The highest BCUT2D eigenvalue weighted by molar-refractivity contribution is 9.09. The van der Waals surface area contributed by atoms with Crippen molar-refractivity contribution in [1.29, 1.82) is 0 Å². The number of Topliss-reactive ketones (excluding diaryl/α,β-unsaturated/α-hetero) is 2. The normalized spacial score (nSPS) is 9.66. The molecule has 0 spiro atoms. The number of benzene rings is 2. The molecule has 0 heterocycles. The Labute approximate surface area is 178 Å². The van der Waals surface area contributed by atoms with Crippen LogP contribution in [0, 0.1) is 0 Å². The predicted molar refractivity (Wildman–Crippen MR) is 113 cm³/mol. The van der Waals surface area contributed by atoms with Crippen LogP contribution in [0.25, 0.3) is 0 Å². The van der Waals surface area contributed by atoms with E-state index in [-0.39, 0.29) is 16.9 Å². The van der Waals surface area contributed by atoms with Crippen LogP contribution in [0.4, 0.5) is 0 Å².